The minimum atomic E-state index is -0.112. The van der Waals surface area contributed by atoms with Crippen LogP contribution in [0, 0.1) is 6.92 Å². The number of fused-ring (bicyclic) bond motifs is 1. The van der Waals surface area contributed by atoms with Gasteiger partial charge in [-0.05, 0) is 37.3 Å². The smallest absolute Gasteiger partial charge is 0.261 e. The second-order valence-corrected chi connectivity index (χ2v) is 7.09. The summed E-state index contributed by atoms with van der Waals surface area (Å²) in [6.45, 7) is 2.37. The first-order valence-corrected chi connectivity index (χ1v) is 8.85. The zero-order valence-corrected chi connectivity index (χ0v) is 14.9. The van der Waals surface area contributed by atoms with Gasteiger partial charge in [0.2, 0.25) is 0 Å². The molecule has 1 aromatic carbocycles. The summed E-state index contributed by atoms with van der Waals surface area (Å²) in [6, 6.07) is 11.2. The van der Waals surface area contributed by atoms with E-state index >= 15 is 0 Å². The van der Waals surface area contributed by atoms with Gasteiger partial charge in [0.05, 0.1) is 28.8 Å². The number of carbonyl (C=O) groups excluding carboxylic acids is 1. The minimum absolute atomic E-state index is 0.112. The summed E-state index contributed by atoms with van der Waals surface area (Å²) in [6.07, 6.45) is 3.20. The third kappa shape index (κ3) is 3.06. The molecule has 0 aliphatic carbocycles. The Bertz CT molecular complexity index is 1050. The van der Waals surface area contributed by atoms with E-state index in [1.807, 2.05) is 48.0 Å². The van der Waals surface area contributed by atoms with E-state index in [1.54, 1.807) is 12.5 Å². The van der Waals surface area contributed by atoms with E-state index in [0.717, 1.165) is 27.2 Å². The molecule has 0 radical (unpaired) electrons. The van der Waals surface area contributed by atoms with E-state index in [9.17, 15) is 4.79 Å². The van der Waals surface area contributed by atoms with Gasteiger partial charge in [-0.25, -0.2) is 4.68 Å². The molecule has 0 bridgehead atoms. The summed E-state index contributed by atoms with van der Waals surface area (Å²) >= 11 is 7.50. The van der Waals surface area contributed by atoms with Crippen molar-refractivity contribution < 1.29 is 9.21 Å². The Labute approximate surface area is 152 Å². The van der Waals surface area contributed by atoms with Crippen LogP contribution in [-0.2, 0) is 6.54 Å². The third-order valence-corrected chi connectivity index (χ3v) is 5.20. The number of aromatic nitrogens is 2. The predicted molar refractivity (Wildman–Crippen MR) is 98.6 cm³/mol. The number of amides is 1. The average Bonchev–Trinajstić information content (AvgIpc) is 3.31. The molecule has 5 nitrogen and oxygen atoms in total. The van der Waals surface area contributed by atoms with Gasteiger partial charge in [-0.1, -0.05) is 17.7 Å². The number of furan rings is 1. The van der Waals surface area contributed by atoms with E-state index in [-0.39, 0.29) is 5.91 Å². The van der Waals surface area contributed by atoms with Crippen LogP contribution >= 0.6 is 22.9 Å². The lowest BCUT2D eigenvalue weighted by Gasteiger charge is -2.03. The monoisotopic (exact) mass is 371 g/mol. The van der Waals surface area contributed by atoms with Crippen LogP contribution in [0.4, 0.5) is 0 Å². The largest absolute Gasteiger partial charge is 0.472 e. The van der Waals surface area contributed by atoms with Gasteiger partial charge in [0.15, 0.2) is 0 Å². The van der Waals surface area contributed by atoms with Crippen LogP contribution in [0.5, 0.6) is 0 Å². The van der Waals surface area contributed by atoms with Crippen molar-refractivity contribution in [3.05, 3.63) is 70.1 Å². The Kier molecular flexibility index (Phi) is 4.07. The molecule has 1 amide bonds. The number of carbonyl (C=O) groups is 1. The van der Waals surface area contributed by atoms with Crippen molar-refractivity contribution >= 4 is 39.1 Å². The Morgan fingerprint density at radius 1 is 1.36 bits per heavy atom. The van der Waals surface area contributed by atoms with Gasteiger partial charge in [-0.15, -0.1) is 11.3 Å². The lowest BCUT2D eigenvalue weighted by atomic mass is 10.3. The van der Waals surface area contributed by atoms with Crippen LogP contribution in [0.1, 0.15) is 20.9 Å². The summed E-state index contributed by atoms with van der Waals surface area (Å²) in [7, 11) is 0. The Balaban J connectivity index is 1.66. The summed E-state index contributed by atoms with van der Waals surface area (Å²) in [4.78, 5) is 14.0. The molecule has 0 unspecified atom stereocenters. The summed E-state index contributed by atoms with van der Waals surface area (Å²) in [5.41, 5.74) is 2.67. The van der Waals surface area contributed by atoms with Crippen LogP contribution in [0.15, 0.2) is 53.3 Å². The molecular weight excluding hydrogens is 358 g/mol. The zero-order valence-electron chi connectivity index (χ0n) is 13.3. The average molecular weight is 372 g/mol. The molecule has 0 aliphatic heterocycles. The highest BCUT2D eigenvalue weighted by molar-refractivity contribution is 7.20. The third-order valence-electron chi connectivity index (χ3n) is 3.85. The Morgan fingerprint density at radius 2 is 2.24 bits per heavy atom. The molecule has 0 saturated carbocycles. The maximum Gasteiger partial charge on any atom is 0.261 e. The van der Waals surface area contributed by atoms with Crippen molar-refractivity contribution in [2.75, 3.05) is 0 Å². The molecule has 3 heterocycles. The van der Waals surface area contributed by atoms with Crippen molar-refractivity contribution in [3.63, 3.8) is 0 Å². The fourth-order valence-corrected chi connectivity index (χ4v) is 3.89. The van der Waals surface area contributed by atoms with Gasteiger partial charge >= 0.3 is 0 Å². The molecule has 0 aliphatic rings. The van der Waals surface area contributed by atoms with Crippen LogP contribution in [0.2, 0.25) is 5.02 Å². The van der Waals surface area contributed by atoms with E-state index in [0.29, 0.717) is 16.4 Å². The lowest BCUT2D eigenvalue weighted by molar-refractivity contribution is 0.0955. The van der Waals surface area contributed by atoms with Gasteiger partial charge < -0.3 is 9.73 Å². The van der Waals surface area contributed by atoms with Gasteiger partial charge in [-0.3, -0.25) is 4.79 Å². The maximum absolute atomic E-state index is 12.4. The van der Waals surface area contributed by atoms with Crippen molar-refractivity contribution in [1.29, 1.82) is 0 Å². The van der Waals surface area contributed by atoms with Crippen molar-refractivity contribution in [1.82, 2.24) is 15.1 Å². The predicted octanol–water partition coefficient (Wildman–Crippen LogP) is 4.57. The second-order valence-electron chi connectivity index (χ2n) is 5.62. The fraction of sp³-hybridized carbons (Fsp3) is 0.111. The number of rotatable bonds is 4. The molecule has 1 N–H and O–H groups in total. The molecule has 7 heteroatoms. The number of hydrogen-bond donors (Lipinski definition) is 1. The molecular formula is C18H14ClN3O2S. The molecule has 126 valence electrons. The number of aryl methyl sites for hydroxylation is 1. The lowest BCUT2D eigenvalue weighted by Crippen LogP contribution is -2.21. The SMILES string of the molecule is Cc1nn(-c2cccc(Cl)c2)c2sc(C(=O)NCc3ccoc3)cc12. The van der Waals surface area contributed by atoms with E-state index in [1.165, 1.54) is 11.3 Å². The molecule has 25 heavy (non-hydrogen) atoms. The molecule has 0 spiro atoms. The normalized spacial score (nSPS) is 11.1. The van der Waals surface area contributed by atoms with Crippen LogP contribution in [0.25, 0.3) is 15.9 Å². The summed E-state index contributed by atoms with van der Waals surface area (Å²) in [5, 5.41) is 9.09. The van der Waals surface area contributed by atoms with E-state index in [2.05, 4.69) is 10.4 Å². The number of nitrogens with zero attached hydrogens (tertiary/aromatic N) is 2. The summed E-state index contributed by atoms with van der Waals surface area (Å²) < 4.78 is 6.83. The first-order valence-electron chi connectivity index (χ1n) is 7.66. The fourth-order valence-electron chi connectivity index (χ4n) is 2.60. The molecule has 0 saturated heterocycles. The highest BCUT2D eigenvalue weighted by Crippen LogP contribution is 2.31. The quantitative estimate of drug-likeness (QED) is 0.571. The standard InChI is InChI=1S/C18H14ClN3O2S/c1-11-15-8-16(17(23)20-9-12-5-6-24-10-12)25-18(15)22(21-11)14-4-2-3-13(19)7-14/h2-8,10H,9H2,1H3,(H,20,23). The van der Waals surface area contributed by atoms with Crippen LogP contribution in [-0.4, -0.2) is 15.7 Å². The maximum atomic E-state index is 12.4. The molecule has 3 aromatic heterocycles. The molecule has 4 rings (SSSR count). The van der Waals surface area contributed by atoms with Gasteiger partial charge in [-0.2, -0.15) is 5.10 Å². The van der Waals surface area contributed by atoms with E-state index in [4.69, 9.17) is 16.0 Å². The number of benzene rings is 1. The van der Waals surface area contributed by atoms with E-state index < -0.39 is 0 Å². The van der Waals surface area contributed by atoms with Gasteiger partial charge in [0, 0.05) is 22.5 Å². The number of halogens is 1. The molecule has 0 atom stereocenters. The van der Waals surface area contributed by atoms with Crippen molar-refractivity contribution in [2.24, 2.45) is 0 Å². The number of nitrogens with one attached hydrogen (secondary N) is 1. The minimum Gasteiger partial charge on any atom is -0.472 e. The van der Waals surface area contributed by atoms with Crippen LogP contribution < -0.4 is 5.32 Å². The van der Waals surface area contributed by atoms with Gasteiger partial charge in [0.1, 0.15) is 4.83 Å². The zero-order chi connectivity index (χ0) is 17.4. The highest BCUT2D eigenvalue weighted by Gasteiger charge is 2.17. The van der Waals surface area contributed by atoms with Crippen molar-refractivity contribution in [2.45, 2.75) is 13.5 Å². The van der Waals surface area contributed by atoms with Crippen molar-refractivity contribution in [3.8, 4) is 5.69 Å². The Hall–Kier alpha value is -2.57. The highest BCUT2D eigenvalue weighted by atomic mass is 35.5. The number of hydrogen-bond acceptors (Lipinski definition) is 4. The first kappa shape index (κ1) is 15.9. The van der Waals surface area contributed by atoms with Crippen LogP contribution in [0.3, 0.4) is 0 Å². The topological polar surface area (TPSA) is 60.1 Å². The van der Waals surface area contributed by atoms with Gasteiger partial charge in [0.25, 0.3) is 5.91 Å². The second kappa shape index (κ2) is 6.38. The molecule has 0 fully saturated rings. The number of thiophene rings is 1. The molecule has 4 aromatic rings. The Morgan fingerprint density at radius 3 is 3.00 bits per heavy atom. The first-order chi connectivity index (χ1) is 12.1. The summed E-state index contributed by atoms with van der Waals surface area (Å²) in [5.74, 6) is -0.112.